The van der Waals surface area contributed by atoms with Gasteiger partial charge in [-0.25, -0.2) is 0 Å². The Bertz CT molecular complexity index is 319. The maximum absolute atomic E-state index is 11.8. The Kier molecular flexibility index (Phi) is 5.19. The molecular formula is C13H20O4. The standard InChI is InChI=1S/C13H20O4/c1-4-16-12(14)10-7-6-9(3)8-11(10)13(15)17-5-2/h6,10-11H,4-5,7-8H2,1-3H3. The van der Waals surface area contributed by atoms with E-state index in [0.717, 1.165) is 5.57 Å². The van der Waals surface area contributed by atoms with Crippen molar-refractivity contribution in [3.63, 3.8) is 0 Å². The molecule has 0 heterocycles. The lowest BCUT2D eigenvalue weighted by molar-refractivity contribution is -0.160. The summed E-state index contributed by atoms with van der Waals surface area (Å²) in [7, 11) is 0. The molecule has 4 heteroatoms. The van der Waals surface area contributed by atoms with Gasteiger partial charge in [-0.1, -0.05) is 11.6 Å². The van der Waals surface area contributed by atoms with Gasteiger partial charge in [0.25, 0.3) is 0 Å². The van der Waals surface area contributed by atoms with Crippen molar-refractivity contribution in [1.29, 1.82) is 0 Å². The van der Waals surface area contributed by atoms with E-state index >= 15 is 0 Å². The molecule has 2 atom stereocenters. The van der Waals surface area contributed by atoms with Gasteiger partial charge in [0.15, 0.2) is 0 Å². The van der Waals surface area contributed by atoms with Crippen molar-refractivity contribution in [3.05, 3.63) is 11.6 Å². The highest BCUT2D eigenvalue weighted by Crippen LogP contribution is 2.31. The molecular weight excluding hydrogens is 220 g/mol. The van der Waals surface area contributed by atoms with E-state index in [1.165, 1.54) is 0 Å². The summed E-state index contributed by atoms with van der Waals surface area (Å²) in [6, 6.07) is 0. The van der Waals surface area contributed by atoms with Crippen LogP contribution >= 0.6 is 0 Å². The first-order valence-corrected chi connectivity index (χ1v) is 6.09. The molecule has 1 aliphatic carbocycles. The van der Waals surface area contributed by atoms with E-state index in [0.29, 0.717) is 26.1 Å². The molecule has 0 radical (unpaired) electrons. The summed E-state index contributed by atoms with van der Waals surface area (Å²) in [6.07, 6.45) is 3.15. The normalized spacial score (nSPS) is 23.8. The lowest BCUT2D eigenvalue weighted by Gasteiger charge is -2.27. The molecule has 0 amide bonds. The monoisotopic (exact) mass is 240 g/mol. The van der Waals surface area contributed by atoms with Crippen LogP contribution in [0.4, 0.5) is 0 Å². The zero-order valence-corrected chi connectivity index (χ0v) is 10.7. The summed E-state index contributed by atoms with van der Waals surface area (Å²) < 4.78 is 10.0. The van der Waals surface area contributed by atoms with Crippen molar-refractivity contribution in [1.82, 2.24) is 0 Å². The predicted octanol–water partition coefficient (Wildman–Crippen LogP) is 2.09. The smallest absolute Gasteiger partial charge is 0.310 e. The molecule has 0 aromatic carbocycles. The van der Waals surface area contributed by atoms with Crippen LogP contribution in [0.25, 0.3) is 0 Å². The molecule has 0 aromatic heterocycles. The first-order chi connectivity index (χ1) is 8.10. The Labute approximate surface area is 102 Å². The highest BCUT2D eigenvalue weighted by atomic mass is 16.5. The molecule has 1 aliphatic rings. The Morgan fingerprint density at radius 3 is 2.24 bits per heavy atom. The van der Waals surface area contributed by atoms with E-state index in [1.54, 1.807) is 13.8 Å². The SMILES string of the molecule is CCOC(=O)C1CC=C(C)CC1C(=O)OCC. The Hall–Kier alpha value is -1.32. The van der Waals surface area contributed by atoms with Crippen LogP contribution in [0.15, 0.2) is 11.6 Å². The van der Waals surface area contributed by atoms with Crippen molar-refractivity contribution in [3.8, 4) is 0 Å². The van der Waals surface area contributed by atoms with Gasteiger partial charge in [0.2, 0.25) is 0 Å². The highest BCUT2D eigenvalue weighted by molar-refractivity contribution is 5.83. The van der Waals surface area contributed by atoms with Gasteiger partial charge >= 0.3 is 11.9 Å². The fourth-order valence-corrected chi connectivity index (χ4v) is 2.07. The average Bonchev–Trinajstić information content (AvgIpc) is 2.29. The summed E-state index contributed by atoms with van der Waals surface area (Å²) in [5.41, 5.74) is 1.13. The molecule has 0 bridgehead atoms. The second-order valence-electron chi connectivity index (χ2n) is 4.21. The third-order valence-electron chi connectivity index (χ3n) is 2.93. The van der Waals surface area contributed by atoms with Crippen molar-refractivity contribution in [2.75, 3.05) is 13.2 Å². The van der Waals surface area contributed by atoms with Crippen LogP contribution in [0, 0.1) is 11.8 Å². The van der Waals surface area contributed by atoms with Crippen LogP contribution < -0.4 is 0 Å². The molecule has 4 nitrogen and oxygen atoms in total. The summed E-state index contributed by atoms with van der Waals surface area (Å²) in [6.45, 7) is 6.18. The van der Waals surface area contributed by atoms with E-state index in [9.17, 15) is 9.59 Å². The van der Waals surface area contributed by atoms with Gasteiger partial charge in [-0.05, 0) is 33.6 Å². The molecule has 0 aliphatic heterocycles. The average molecular weight is 240 g/mol. The van der Waals surface area contributed by atoms with Crippen molar-refractivity contribution >= 4 is 11.9 Å². The molecule has 0 saturated heterocycles. The summed E-state index contributed by atoms with van der Waals surface area (Å²) >= 11 is 0. The van der Waals surface area contributed by atoms with Crippen LogP contribution in [0.1, 0.15) is 33.6 Å². The minimum Gasteiger partial charge on any atom is -0.466 e. The van der Waals surface area contributed by atoms with Gasteiger partial charge in [0.1, 0.15) is 0 Å². The minimum absolute atomic E-state index is 0.294. The van der Waals surface area contributed by atoms with Crippen LogP contribution in [0.3, 0.4) is 0 Å². The van der Waals surface area contributed by atoms with Crippen LogP contribution in [0.2, 0.25) is 0 Å². The summed E-state index contributed by atoms with van der Waals surface area (Å²) in [5.74, 6) is -1.37. The number of hydrogen-bond donors (Lipinski definition) is 0. The lowest BCUT2D eigenvalue weighted by atomic mass is 9.80. The number of rotatable bonds is 4. The number of hydrogen-bond acceptors (Lipinski definition) is 4. The molecule has 0 fully saturated rings. The zero-order valence-electron chi connectivity index (χ0n) is 10.7. The Balaban J connectivity index is 2.77. The van der Waals surface area contributed by atoms with Gasteiger partial charge < -0.3 is 9.47 Å². The third kappa shape index (κ3) is 3.58. The molecule has 0 saturated carbocycles. The number of ether oxygens (including phenoxy) is 2. The maximum atomic E-state index is 11.8. The third-order valence-corrected chi connectivity index (χ3v) is 2.93. The summed E-state index contributed by atoms with van der Waals surface area (Å²) in [4.78, 5) is 23.6. The molecule has 0 aromatic rings. The highest BCUT2D eigenvalue weighted by Gasteiger charge is 2.37. The predicted molar refractivity (Wildman–Crippen MR) is 63.2 cm³/mol. The van der Waals surface area contributed by atoms with Gasteiger partial charge in [0, 0.05) is 0 Å². The second kappa shape index (κ2) is 6.42. The van der Waals surface area contributed by atoms with E-state index in [2.05, 4.69) is 0 Å². The first-order valence-electron chi connectivity index (χ1n) is 6.09. The van der Waals surface area contributed by atoms with Crippen LogP contribution in [-0.4, -0.2) is 25.2 Å². The van der Waals surface area contributed by atoms with Crippen molar-refractivity contribution < 1.29 is 19.1 Å². The zero-order chi connectivity index (χ0) is 12.8. The van der Waals surface area contributed by atoms with Crippen LogP contribution in [-0.2, 0) is 19.1 Å². The molecule has 1 rings (SSSR count). The maximum Gasteiger partial charge on any atom is 0.310 e. The van der Waals surface area contributed by atoms with E-state index in [4.69, 9.17) is 9.47 Å². The van der Waals surface area contributed by atoms with Crippen molar-refractivity contribution in [2.45, 2.75) is 33.6 Å². The van der Waals surface area contributed by atoms with E-state index < -0.39 is 5.92 Å². The molecule has 96 valence electrons. The molecule has 2 unspecified atom stereocenters. The van der Waals surface area contributed by atoms with E-state index in [1.807, 2.05) is 13.0 Å². The number of allylic oxidation sites excluding steroid dienone is 2. The Morgan fingerprint density at radius 2 is 1.71 bits per heavy atom. The van der Waals surface area contributed by atoms with Gasteiger partial charge in [-0.3, -0.25) is 9.59 Å². The second-order valence-corrected chi connectivity index (χ2v) is 4.21. The largest absolute Gasteiger partial charge is 0.466 e. The fourth-order valence-electron chi connectivity index (χ4n) is 2.07. The topological polar surface area (TPSA) is 52.6 Å². The number of carbonyl (C=O) groups is 2. The van der Waals surface area contributed by atoms with Gasteiger partial charge in [-0.15, -0.1) is 0 Å². The number of carbonyl (C=O) groups excluding carboxylic acids is 2. The lowest BCUT2D eigenvalue weighted by Crippen LogP contribution is -2.34. The summed E-state index contributed by atoms with van der Waals surface area (Å²) in [5, 5.41) is 0. The quantitative estimate of drug-likeness (QED) is 0.557. The van der Waals surface area contributed by atoms with E-state index in [-0.39, 0.29) is 17.9 Å². The Morgan fingerprint density at radius 1 is 1.18 bits per heavy atom. The first kappa shape index (κ1) is 13.7. The number of esters is 2. The van der Waals surface area contributed by atoms with Gasteiger partial charge in [0.05, 0.1) is 25.0 Å². The van der Waals surface area contributed by atoms with Crippen LogP contribution in [0.5, 0.6) is 0 Å². The minimum atomic E-state index is -0.391. The fraction of sp³-hybridized carbons (Fsp3) is 0.692. The molecule has 0 N–H and O–H groups in total. The molecule has 0 spiro atoms. The van der Waals surface area contributed by atoms with Gasteiger partial charge in [-0.2, -0.15) is 0 Å². The van der Waals surface area contributed by atoms with Crippen molar-refractivity contribution in [2.24, 2.45) is 11.8 Å². The molecule has 17 heavy (non-hydrogen) atoms.